The number of halogens is 3. The van der Waals surface area contributed by atoms with E-state index in [2.05, 4.69) is 33.5 Å². The van der Waals surface area contributed by atoms with Crippen molar-refractivity contribution in [2.24, 2.45) is 5.92 Å². The number of ether oxygens (including phenoxy) is 1. The summed E-state index contributed by atoms with van der Waals surface area (Å²) in [5, 5.41) is 17.8. The van der Waals surface area contributed by atoms with Gasteiger partial charge >= 0.3 is 12.1 Å². The smallest absolute Gasteiger partial charge is 0.475 e. The summed E-state index contributed by atoms with van der Waals surface area (Å²) in [6, 6.07) is 2.21. The monoisotopic (exact) mass is 459 g/mol. The lowest BCUT2D eigenvalue weighted by Gasteiger charge is -2.33. The molecule has 0 amide bonds. The average Bonchev–Trinajstić information content (AvgIpc) is 3.11. The van der Waals surface area contributed by atoms with Gasteiger partial charge in [-0.3, -0.25) is 4.90 Å². The van der Waals surface area contributed by atoms with Gasteiger partial charge in [0.05, 0.1) is 6.10 Å². The first-order chi connectivity index (χ1) is 14.7. The first-order valence-corrected chi connectivity index (χ1v) is 11.1. The maximum absolute atomic E-state index is 10.6. The van der Waals surface area contributed by atoms with Crippen LogP contribution in [-0.4, -0.2) is 51.5 Å². The van der Waals surface area contributed by atoms with Crippen molar-refractivity contribution in [2.75, 3.05) is 13.1 Å². The molecule has 1 aliphatic carbocycles. The molecule has 0 spiro atoms. The number of carbonyl (C=O) groups is 1. The quantitative estimate of drug-likeness (QED) is 0.729. The van der Waals surface area contributed by atoms with Gasteiger partial charge in [-0.15, -0.1) is 21.5 Å². The van der Waals surface area contributed by atoms with Crippen molar-refractivity contribution in [1.29, 1.82) is 0 Å². The van der Waals surface area contributed by atoms with Crippen LogP contribution in [0.5, 0.6) is 0 Å². The van der Waals surface area contributed by atoms with Crippen LogP contribution in [0.2, 0.25) is 0 Å². The molecule has 0 aromatic carbocycles. The summed E-state index contributed by atoms with van der Waals surface area (Å²) in [4.78, 5) is 12.9. The van der Waals surface area contributed by atoms with E-state index in [-0.39, 0.29) is 6.10 Å². The molecule has 3 aliphatic rings. The van der Waals surface area contributed by atoms with Crippen molar-refractivity contribution in [3.05, 3.63) is 33.7 Å². The zero-order valence-corrected chi connectivity index (χ0v) is 17.8. The van der Waals surface area contributed by atoms with Crippen LogP contribution in [0.1, 0.15) is 59.9 Å². The second-order valence-corrected chi connectivity index (χ2v) is 9.27. The van der Waals surface area contributed by atoms with E-state index in [0.717, 1.165) is 31.9 Å². The summed E-state index contributed by atoms with van der Waals surface area (Å²) in [5.41, 5.74) is 1.41. The number of aryl methyl sites for hydroxylation is 1. The molecule has 7 nitrogen and oxygen atoms in total. The summed E-state index contributed by atoms with van der Waals surface area (Å²) < 4.78 is 43.9. The van der Waals surface area contributed by atoms with Gasteiger partial charge in [0.1, 0.15) is 6.10 Å². The van der Waals surface area contributed by atoms with Crippen LogP contribution in [0.3, 0.4) is 0 Å². The molecule has 3 fully saturated rings. The van der Waals surface area contributed by atoms with Crippen LogP contribution in [0.25, 0.3) is 0 Å². The number of aromatic nitrogens is 2. The summed E-state index contributed by atoms with van der Waals surface area (Å²) in [6.07, 6.45) is -0.160. The van der Waals surface area contributed by atoms with Crippen LogP contribution in [0.4, 0.5) is 13.2 Å². The molecule has 2 aliphatic heterocycles. The molecule has 0 bridgehead atoms. The number of hydrogen-bond acceptors (Lipinski definition) is 7. The van der Waals surface area contributed by atoms with Crippen LogP contribution >= 0.6 is 11.3 Å². The Balaban J connectivity index is 0.000000289. The normalized spacial score (nSPS) is 26.3. The third-order valence-corrected chi connectivity index (χ3v) is 6.88. The molecule has 1 N–H and O–H groups in total. The van der Waals surface area contributed by atoms with Crippen LogP contribution in [0, 0.1) is 12.8 Å². The molecule has 31 heavy (non-hydrogen) atoms. The molecule has 2 saturated heterocycles. The fraction of sp³-hybridized carbons (Fsp3) is 0.650. The molecule has 5 rings (SSSR count). The first-order valence-electron chi connectivity index (χ1n) is 10.2. The van der Waals surface area contributed by atoms with Gasteiger partial charge in [0, 0.05) is 23.9 Å². The van der Waals surface area contributed by atoms with Crippen molar-refractivity contribution >= 4 is 17.3 Å². The van der Waals surface area contributed by atoms with Gasteiger partial charge < -0.3 is 14.3 Å². The SMILES string of the molecule is Cc1ccsc1CN1CC[C@H]2C[C@H](c3nnc(C4CC4)o3)O[C@@H]2C1.O=C(O)C(F)(F)F. The number of carboxylic acids is 1. The first kappa shape index (κ1) is 22.2. The minimum atomic E-state index is -5.08. The van der Waals surface area contributed by atoms with Crippen LogP contribution in [-0.2, 0) is 16.1 Å². The molecular weight excluding hydrogens is 435 g/mol. The molecule has 4 heterocycles. The fourth-order valence-electron chi connectivity index (χ4n) is 3.94. The molecule has 0 radical (unpaired) electrons. The third-order valence-electron chi connectivity index (χ3n) is 5.87. The number of alkyl halides is 3. The lowest BCUT2D eigenvalue weighted by atomic mass is 9.91. The average molecular weight is 459 g/mol. The molecule has 2 aromatic rings. The zero-order chi connectivity index (χ0) is 22.2. The fourth-order valence-corrected chi connectivity index (χ4v) is 4.89. The molecule has 0 unspecified atom stereocenters. The van der Waals surface area contributed by atoms with E-state index in [1.54, 1.807) is 0 Å². The Labute approximate surface area is 181 Å². The molecule has 1 saturated carbocycles. The lowest BCUT2D eigenvalue weighted by molar-refractivity contribution is -0.192. The van der Waals surface area contributed by atoms with Gasteiger partial charge in [-0.05, 0) is 62.1 Å². The minimum Gasteiger partial charge on any atom is -0.475 e. The highest BCUT2D eigenvalue weighted by Crippen LogP contribution is 2.43. The van der Waals surface area contributed by atoms with Crippen molar-refractivity contribution < 1.29 is 32.2 Å². The minimum absolute atomic E-state index is 0.00317. The summed E-state index contributed by atoms with van der Waals surface area (Å²) >= 11 is 1.86. The van der Waals surface area contributed by atoms with E-state index in [1.807, 2.05) is 11.3 Å². The molecular formula is C20H24F3N3O4S. The number of fused-ring (bicyclic) bond motifs is 1. The second-order valence-electron chi connectivity index (χ2n) is 8.27. The Hall–Kier alpha value is -1.98. The molecule has 2 aromatic heterocycles. The summed E-state index contributed by atoms with van der Waals surface area (Å²) in [6.45, 7) is 5.43. The van der Waals surface area contributed by atoms with Crippen LogP contribution in [0.15, 0.2) is 15.9 Å². The Morgan fingerprint density at radius 2 is 2.00 bits per heavy atom. The summed E-state index contributed by atoms with van der Waals surface area (Å²) in [7, 11) is 0. The summed E-state index contributed by atoms with van der Waals surface area (Å²) in [5.74, 6) is -0.0934. The highest BCUT2D eigenvalue weighted by atomic mass is 32.1. The van der Waals surface area contributed by atoms with E-state index >= 15 is 0 Å². The van der Waals surface area contributed by atoms with Crippen LogP contribution < -0.4 is 0 Å². The Kier molecular flexibility index (Phi) is 6.36. The second kappa shape index (κ2) is 8.87. The molecule has 11 heteroatoms. The van der Waals surface area contributed by atoms with Gasteiger partial charge in [-0.25, -0.2) is 4.79 Å². The largest absolute Gasteiger partial charge is 0.490 e. The Bertz CT molecular complexity index is 912. The van der Waals surface area contributed by atoms with Crippen molar-refractivity contribution in [3.8, 4) is 0 Å². The number of thiophene rings is 1. The number of likely N-dealkylation sites (tertiary alicyclic amines) is 1. The molecule has 3 atom stereocenters. The number of piperidine rings is 1. The van der Waals surface area contributed by atoms with Gasteiger partial charge in [0.25, 0.3) is 0 Å². The predicted molar refractivity (Wildman–Crippen MR) is 105 cm³/mol. The van der Waals surface area contributed by atoms with Gasteiger partial charge in [-0.2, -0.15) is 13.2 Å². The van der Waals surface area contributed by atoms with Gasteiger partial charge in [0.2, 0.25) is 11.8 Å². The number of rotatable bonds is 4. The Morgan fingerprint density at radius 1 is 1.29 bits per heavy atom. The maximum atomic E-state index is 10.6. The number of carboxylic acid groups (broad SMARTS) is 1. The predicted octanol–water partition coefficient (Wildman–Crippen LogP) is 4.30. The standard InChI is InChI=1S/C18H23N3O2S.C2HF3O2/c1-11-5-7-24-16(11)10-21-6-4-13-8-14(22-15(13)9-21)18-20-19-17(23-18)12-2-3-12;3-2(4,5)1(6)7/h5,7,12-15H,2-4,6,8-10H2,1H3;(H,6,7)/t13-,14+,15+;/m0./s1. The number of aliphatic carboxylic acids is 1. The highest BCUT2D eigenvalue weighted by Gasteiger charge is 2.42. The van der Waals surface area contributed by atoms with Crippen molar-refractivity contribution in [3.63, 3.8) is 0 Å². The Morgan fingerprint density at radius 3 is 2.61 bits per heavy atom. The van der Waals surface area contributed by atoms with E-state index in [4.69, 9.17) is 19.1 Å². The maximum Gasteiger partial charge on any atom is 0.490 e. The van der Waals surface area contributed by atoms with E-state index in [0.29, 0.717) is 23.8 Å². The number of nitrogens with zero attached hydrogens (tertiary/aromatic N) is 3. The van der Waals surface area contributed by atoms with E-state index in [1.165, 1.54) is 29.7 Å². The van der Waals surface area contributed by atoms with Crippen molar-refractivity contribution in [1.82, 2.24) is 15.1 Å². The zero-order valence-electron chi connectivity index (χ0n) is 17.0. The third kappa shape index (κ3) is 5.45. The van der Waals surface area contributed by atoms with Gasteiger partial charge in [0.15, 0.2) is 0 Å². The van der Waals surface area contributed by atoms with E-state index in [9.17, 15) is 13.2 Å². The topological polar surface area (TPSA) is 88.7 Å². The lowest BCUT2D eigenvalue weighted by Crippen LogP contribution is -2.41. The molecule has 170 valence electrons. The highest BCUT2D eigenvalue weighted by molar-refractivity contribution is 7.10. The van der Waals surface area contributed by atoms with E-state index < -0.39 is 12.1 Å². The number of hydrogen-bond donors (Lipinski definition) is 1. The van der Waals surface area contributed by atoms with Gasteiger partial charge in [-0.1, -0.05) is 0 Å². The van der Waals surface area contributed by atoms with Crippen molar-refractivity contribution in [2.45, 2.75) is 63.5 Å².